The Morgan fingerprint density at radius 3 is 2.60 bits per heavy atom. The van der Waals surface area contributed by atoms with Crippen LogP contribution in [-0.4, -0.2) is 41.7 Å². The maximum atomic E-state index is 11.6. The fourth-order valence-corrected chi connectivity index (χ4v) is 2.62. The minimum absolute atomic E-state index is 0.0700. The van der Waals surface area contributed by atoms with Gasteiger partial charge in [0.05, 0.1) is 0 Å². The minimum Gasteiger partial charge on any atom is -0.396 e. The fraction of sp³-hybridized carbons (Fsp3) is 0.562. The first kappa shape index (κ1) is 15.0. The van der Waals surface area contributed by atoms with Crippen molar-refractivity contribution in [2.75, 3.05) is 19.7 Å². The number of aliphatic hydroxyl groups excluding tert-OH is 1. The number of aliphatic hydroxyl groups is 1. The summed E-state index contributed by atoms with van der Waals surface area (Å²) >= 11 is 0. The van der Waals surface area contributed by atoms with Crippen molar-refractivity contribution >= 4 is 5.91 Å². The van der Waals surface area contributed by atoms with E-state index in [0.717, 1.165) is 32.5 Å². The molecule has 0 spiro atoms. The average Bonchev–Trinajstić information content (AvgIpc) is 2.48. The van der Waals surface area contributed by atoms with Gasteiger partial charge in [0, 0.05) is 38.7 Å². The van der Waals surface area contributed by atoms with Crippen molar-refractivity contribution < 1.29 is 9.90 Å². The van der Waals surface area contributed by atoms with Gasteiger partial charge in [-0.1, -0.05) is 30.3 Å². The molecule has 0 bridgehead atoms. The fourth-order valence-electron chi connectivity index (χ4n) is 2.62. The van der Waals surface area contributed by atoms with Crippen molar-refractivity contribution in [2.45, 2.75) is 38.3 Å². The van der Waals surface area contributed by atoms with E-state index in [1.165, 1.54) is 5.56 Å². The van der Waals surface area contributed by atoms with Gasteiger partial charge in [-0.2, -0.15) is 0 Å². The van der Waals surface area contributed by atoms with Crippen LogP contribution in [0.25, 0.3) is 0 Å². The smallest absolute Gasteiger partial charge is 0.220 e. The van der Waals surface area contributed by atoms with E-state index in [2.05, 4.69) is 34.5 Å². The first-order chi connectivity index (χ1) is 9.78. The van der Waals surface area contributed by atoms with Gasteiger partial charge in [-0.15, -0.1) is 0 Å². The zero-order valence-electron chi connectivity index (χ0n) is 11.9. The quantitative estimate of drug-likeness (QED) is 0.828. The van der Waals surface area contributed by atoms with Gasteiger partial charge in [-0.25, -0.2) is 0 Å². The molecule has 4 nitrogen and oxygen atoms in total. The van der Waals surface area contributed by atoms with Gasteiger partial charge in [0.25, 0.3) is 0 Å². The van der Waals surface area contributed by atoms with Crippen LogP contribution in [0, 0.1) is 0 Å². The van der Waals surface area contributed by atoms with Gasteiger partial charge >= 0.3 is 0 Å². The van der Waals surface area contributed by atoms with Gasteiger partial charge in [0.1, 0.15) is 0 Å². The Hall–Kier alpha value is -1.39. The molecular weight excluding hydrogens is 252 g/mol. The average molecular weight is 276 g/mol. The highest BCUT2D eigenvalue weighted by molar-refractivity contribution is 5.76. The van der Waals surface area contributed by atoms with Crippen LogP contribution in [0.1, 0.15) is 31.2 Å². The molecule has 1 aliphatic heterocycles. The molecule has 4 heteroatoms. The number of amides is 1. The van der Waals surface area contributed by atoms with Crippen LogP contribution in [0.15, 0.2) is 30.3 Å². The molecule has 0 aromatic heterocycles. The summed E-state index contributed by atoms with van der Waals surface area (Å²) in [5.74, 6) is 0.0700. The molecular formula is C16H24N2O2. The van der Waals surface area contributed by atoms with Gasteiger partial charge in [-0.3, -0.25) is 9.69 Å². The van der Waals surface area contributed by atoms with Crippen LogP contribution in [-0.2, 0) is 11.3 Å². The van der Waals surface area contributed by atoms with Crippen LogP contribution < -0.4 is 5.32 Å². The van der Waals surface area contributed by atoms with Crippen LogP contribution in [0.5, 0.6) is 0 Å². The van der Waals surface area contributed by atoms with Gasteiger partial charge in [0.15, 0.2) is 0 Å². The Balaban J connectivity index is 1.68. The van der Waals surface area contributed by atoms with Crippen molar-refractivity contribution in [3.05, 3.63) is 35.9 Å². The molecule has 1 aromatic rings. The van der Waals surface area contributed by atoms with Crippen LogP contribution in [0.3, 0.4) is 0 Å². The SMILES string of the molecule is O=C(CCCO)NC1CCN(Cc2ccccc2)CC1. The molecule has 0 radical (unpaired) electrons. The monoisotopic (exact) mass is 276 g/mol. The topological polar surface area (TPSA) is 52.6 Å². The number of carbonyl (C=O) groups is 1. The summed E-state index contributed by atoms with van der Waals surface area (Å²) in [6, 6.07) is 10.8. The maximum absolute atomic E-state index is 11.6. The first-order valence-electron chi connectivity index (χ1n) is 7.44. The predicted molar refractivity (Wildman–Crippen MR) is 79.2 cm³/mol. The van der Waals surface area contributed by atoms with E-state index in [0.29, 0.717) is 18.9 Å². The summed E-state index contributed by atoms with van der Waals surface area (Å²) in [4.78, 5) is 14.0. The highest BCUT2D eigenvalue weighted by Gasteiger charge is 2.20. The molecule has 0 aliphatic carbocycles. The molecule has 1 amide bonds. The molecule has 0 unspecified atom stereocenters. The number of likely N-dealkylation sites (tertiary alicyclic amines) is 1. The zero-order valence-corrected chi connectivity index (χ0v) is 11.9. The number of hydrogen-bond donors (Lipinski definition) is 2. The Kier molecular flexibility index (Phi) is 6.02. The first-order valence-corrected chi connectivity index (χ1v) is 7.44. The summed E-state index contributed by atoms with van der Waals surface area (Å²) in [6.07, 6.45) is 3.01. The second-order valence-electron chi connectivity index (χ2n) is 5.43. The molecule has 20 heavy (non-hydrogen) atoms. The highest BCUT2D eigenvalue weighted by atomic mass is 16.3. The highest BCUT2D eigenvalue weighted by Crippen LogP contribution is 2.14. The largest absolute Gasteiger partial charge is 0.396 e. The summed E-state index contributed by atoms with van der Waals surface area (Å²) in [7, 11) is 0. The lowest BCUT2D eigenvalue weighted by atomic mass is 10.0. The Labute approximate surface area is 120 Å². The van der Waals surface area contributed by atoms with Crippen molar-refractivity contribution in [1.82, 2.24) is 10.2 Å². The normalized spacial score (nSPS) is 17.1. The summed E-state index contributed by atoms with van der Waals surface area (Å²) in [5, 5.41) is 11.8. The lowest BCUT2D eigenvalue weighted by Gasteiger charge is -2.32. The molecule has 2 rings (SSSR count). The van der Waals surface area contributed by atoms with E-state index >= 15 is 0 Å². The number of hydrogen-bond acceptors (Lipinski definition) is 3. The van der Waals surface area contributed by atoms with Crippen molar-refractivity contribution in [2.24, 2.45) is 0 Å². The lowest BCUT2D eigenvalue weighted by Crippen LogP contribution is -2.44. The molecule has 0 saturated carbocycles. The van der Waals surface area contributed by atoms with E-state index in [-0.39, 0.29) is 12.5 Å². The second-order valence-corrected chi connectivity index (χ2v) is 5.43. The molecule has 1 saturated heterocycles. The lowest BCUT2D eigenvalue weighted by molar-refractivity contribution is -0.122. The summed E-state index contributed by atoms with van der Waals surface area (Å²) in [5.41, 5.74) is 1.35. The van der Waals surface area contributed by atoms with Crippen LogP contribution in [0.4, 0.5) is 0 Å². The van der Waals surface area contributed by atoms with Crippen molar-refractivity contribution in [3.8, 4) is 0 Å². The van der Waals surface area contributed by atoms with Gasteiger partial charge in [0.2, 0.25) is 5.91 Å². The third-order valence-corrected chi connectivity index (χ3v) is 3.76. The van der Waals surface area contributed by atoms with E-state index in [9.17, 15) is 4.79 Å². The third-order valence-electron chi connectivity index (χ3n) is 3.76. The summed E-state index contributed by atoms with van der Waals surface area (Å²) < 4.78 is 0. The maximum Gasteiger partial charge on any atom is 0.220 e. The number of nitrogens with zero attached hydrogens (tertiary/aromatic N) is 1. The molecule has 0 atom stereocenters. The molecule has 1 heterocycles. The van der Waals surface area contributed by atoms with E-state index < -0.39 is 0 Å². The molecule has 1 aliphatic rings. The van der Waals surface area contributed by atoms with E-state index in [1.807, 2.05) is 6.07 Å². The predicted octanol–water partition coefficient (Wildman–Crippen LogP) is 1.54. The number of rotatable bonds is 6. The van der Waals surface area contributed by atoms with Crippen LogP contribution >= 0.6 is 0 Å². The number of nitrogens with one attached hydrogen (secondary N) is 1. The number of piperidine rings is 1. The number of benzene rings is 1. The molecule has 2 N–H and O–H groups in total. The number of carbonyl (C=O) groups excluding carboxylic acids is 1. The summed E-state index contributed by atoms with van der Waals surface area (Å²) in [6.45, 7) is 3.13. The van der Waals surface area contributed by atoms with Gasteiger partial charge < -0.3 is 10.4 Å². The molecule has 110 valence electrons. The van der Waals surface area contributed by atoms with Crippen LogP contribution in [0.2, 0.25) is 0 Å². The van der Waals surface area contributed by atoms with Gasteiger partial charge in [-0.05, 0) is 24.8 Å². The minimum atomic E-state index is 0.0700. The molecule has 1 aromatic carbocycles. The van der Waals surface area contributed by atoms with E-state index in [4.69, 9.17) is 5.11 Å². The Morgan fingerprint density at radius 2 is 1.95 bits per heavy atom. The Bertz CT molecular complexity index is 400. The second kappa shape index (κ2) is 8.02. The van der Waals surface area contributed by atoms with Crippen molar-refractivity contribution in [1.29, 1.82) is 0 Å². The zero-order chi connectivity index (χ0) is 14.2. The van der Waals surface area contributed by atoms with E-state index in [1.54, 1.807) is 0 Å². The standard InChI is InChI=1S/C16H24N2O2/c19-12-4-7-16(20)17-15-8-10-18(11-9-15)13-14-5-2-1-3-6-14/h1-3,5-6,15,19H,4,7-13H2,(H,17,20). The van der Waals surface area contributed by atoms with Crippen molar-refractivity contribution in [3.63, 3.8) is 0 Å². The Morgan fingerprint density at radius 1 is 1.25 bits per heavy atom. The molecule has 1 fully saturated rings. The third kappa shape index (κ3) is 4.94.